The largest absolute Gasteiger partial charge is 0.482 e. The molecule has 176 valence electrons. The molecule has 35 heavy (non-hydrogen) atoms. The molecule has 1 N–H and O–H groups in total. The van der Waals surface area contributed by atoms with E-state index in [0.29, 0.717) is 42.8 Å². The van der Waals surface area contributed by atoms with E-state index in [1.165, 1.54) is 6.20 Å². The van der Waals surface area contributed by atoms with Crippen molar-refractivity contribution in [2.45, 2.75) is 31.9 Å². The molecule has 1 aliphatic rings. The van der Waals surface area contributed by atoms with Crippen LogP contribution in [0.15, 0.2) is 79.5 Å². The molecule has 0 radical (unpaired) electrons. The summed E-state index contributed by atoms with van der Waals surface area (Å²) in [6, 6.07) is 16.7. The number of anilines is 1. The van der Waals surface area contributed by atoms with Crippen molar-refractivity contribution < 1.29 is 14.3 Å². The normalized spacial score (nSPS) is 13.7. The van der Waals surface area contributed by atoms with Gasteiger partial charge < -0.3 is 14.6 Å². The summed E-state index contributed by atoms with van der Waals surface area (Å²) in [5.74, 6) is 0.136. The van der Waals surface area contributed by atoms with Crippen LogP contribution < -0.4 is 10.1 Å². The molecule has 5 rings (SSSR count). The minimum absolute atomic E-state index is 0.0609. The first kappa shape index (κ1) is 22.8. The van der Waals surface area contributed by atoms with Gasteiger partial charge in [0.15, 0.2) is 5.78 Å². The van der Waals surface area contributed by atoms with Gasteiger partial charge in [-0.05, 0) is 48.2 Å². The Morgan fingerprint density at radius 3 is 2.71 bits per heavy atom. The average Bonchev–Trinajstić information content (AvgIpc) is 3.39. The number of nitrogens with zero attached hydrogens (tertiary/aromatic N) is 3. The number of nitrogens with one attached hydrogen (secondary N) is 1. The summed E-state index contributed by atoms with van der Waals surface area (Å²) in [5.41, 5.74) is 3.11. The van der Waals surface area contributed by atoms with E-state index in [1.54, 1.807) is 36.8 Å². The summed E-state index contributed by atoms with van der Waals surface area (Å²) < 4.78 is 8.49. The molecule has 0 aliphatic heterocycles. The zero-order valence-electron chi connectivity index (χ0n) is 18.9. The first-order valence-corrected chi connectivity index (χ1v) is 11.8. The topological polar surface area (TPSA) is 86.1 Å². The number of carbonyl (C=O) groups excluding carboxylic acids is 2. The predicted octanol–water partition coefficient (Wildman–Crippen LogP) is 5.52. The van der Waals surface area contributed by atoms with Crippen molar-refractivity contribution >= 4 is 29.0 Å². The third-order valence-electron chi connectivity index (χ3n) is 6.02. The zero-order chi connectivity index (χ0) is 24.2. The Labute approximate surface area is 207 Å². The first-order chi connectivity index (χ1) is 17.1. The molecule has 2 heterocycles. The van der Waals surface area contributed by atoms with Gasteiger partial charge in [-0.25, -0.2) is 9.97 Å². The Bertz CT molecular complexity index is 1360. The van der Waals surface area contributed by atoms with Gasteiger partial charge >= 0.3 is 0 Å². The molecule has 1 atom stereocenters. The number of benzene rings is 2. The second kappa shape index (κ2) is 10.1. The van der Waals surface area contributed by atoms with Gasteiger partial charge in [-0.1, -0.05) is 41.9 Å². The molecule has 0 fully saturated rings. The summed E-state index contributed by atoms with van der Waals surface area (Å²) in [7, 11) is 0. The lowest BCUT2D eigenvalue weighted by molar-refractivity contribution is 0.0969. The van der Waals surface area contributed by atoms with Crippen LogP contribution in [0.2, 0.25) is 5.15 Å². The van der Waals surface area contributed by atoms with Crippen molar-refractivity contribution in [3.63, 3.8) is 0 Å². The highest BCUT2D eigenvalue weighted by Crippen LogP contribution is 2.38. The van der Waals surface area contributed by atoms with Gasteiger partial charge in [0.2, 0.25) is 0 Å². The van der Waals surface area contributed by atoms with Crippen molar-refractivity contribution in [1.82, 2.24) is 14.5 Å². The summed E-state index contributed by atoms with van der Waals surface area (Å²) >= 11 is 6.17. The van der Waals surface area contributed by atoms with Crippen molar-refractivity contribution in [1.29, 1.82) is 0 Å². The molecule has 8 heteroatoms. The Kier molecular flexibility index (Phi) is 6.59. The highest BCUT2D eigenvalue weighted by molar-refractivity contribution is 6.33. The van der Waals surface area contributed by atoms with E-state index < -0.39 is 5.91 Å². The second-order valence-corrected chi connectivity index (χ2v) is 8.67. The van der Waals surface area contributed by atoms with E-state index in [-0.39, 0.29) is 22.6 Å². The maximum atomic E-state index is 13.2. The lowest BCUT2D eigenvalue weighted by Gasteiger charge is -2.26. The Balaban J connectivity index is 1.55. The van der Waals surface area contributed by atoms with E-state index in [4.69, 9.17) is 16.3 Å². The molecule has 0 bridgehead atoms. The smallest absolute Gasteiger partial charge is 0.258 e. The number of aromatic nitrogens is 3. The molecule has 2 aromatic carbocycles. The fourth-order valence-corrected chi connectivity index (χ4v) is 4.50. The van der Waals surface area contributed by atoms with Crippen LogP contribution in [0.25, 0.3) is 0 Å². The van der Waals surface area contributed by atoms with Crippen molar-refractivity contribution in [3.8, 4) is 5.75 Å². The van der Waals surface area contributed by atoms with Crippen LogP contribution in [-0.2, 0) is 13.0 Å². The van der Waals surface area contributed by atoms with Crippen molar-refractivity contribution in [3.05, 3.63) is 107 Å². The molecule has 0 saturated carbocycles. The van der Waals surface area contributed by atoms with E-state index in [1.807, 2.05) is 41.1 Å². The lowest BCUT2D eigenvalue weighted by Crippen LogP contribution is -2.21. The Morgan fingerprint density at radius 1 is 1.09 bits per heavy atom. The Morgan fingerprint density at radius 2 is 1.94 bits per heavy atom. The predicted molar refractivity (Wildman–Crippen MR) is 133 cm³/mol. The lowest BCUT2D eigenvalue weighted by atomic mass is 9.89. The number of Topliss-reactive ketones (excluding diaryl/α,β-unsaturated/α-hetero) is 1. The number of pyridine rings is 1. The molecular weight excluding hydrogens is 464 g/mol. The van der Waals surface area contributed by atoms with Gasteiger partial charge in [-0.3, -0.25) is 9.59 Å². The number of rotatable bonds is 7. The van der Waals surface area contributed by atoms with Crippen LogP contribution in [0.4, 0.5) is 5.69 Å². The minimum Gasteiger partial charge on any atom is -0.482 e. The summed E-state index contributed by atoms with van der Waals surface area (Å²) in [6.07, 6.45) is 8.35. The number of ketones is 1. The summed E-state index contributed by atoms with van der Waals surface area (Å²) in [6.45, 7) is 0.516. The number of amides is 1. The molecule has 1 amide bonds. The fraction of sp³-hybridized carbons (Fsp3) is 0.185. The van der Waals surface area contributed by atoms with Crippen LogP contribution in [0.3, 0.4) is 0 Å². The van der Waals surface area contributed by atoms with E-state index in [2.05, 4.69) is 15.3 Å². The van der Waals surface area contributed by atoms with Crippen LogP contribution in [0.5, 0.6) is 5.75 Å². The number of halogens is 1. The zero-order valence-corrected chi connectivity index (χ0v) is 19.6. The van der Waals surface area contributed by atoms with Gasteiger partial charge in [-0.15, -0.1) is 0 Å². The second-order valence-electron chi connectivity index (χ2n) is 8.31. The van der Waals surface area contributed by atoms with Crippen LogP contribution in [-0.4, -0.2) is 26.2 Å². The number of hydrogen-bond acceptors (Lipinski definition) is 5. The molecule has 1 aliphatic carbocycles. The Hall–Kier alpha value is -3.97. The maximum Gasteiger partial charge on any atom is 0.258 e. The molecule has 1 unspecified atom stereocenters. The molecule has 4 aromatic rings. The molecule has 0 saturated heterocycles. The van der Waals surface area contributed by atoms with Gasteiger partial charge in [-0.2, -0.15) is 0 Å². The van der Waals surface area contributed by atoms with Crippen LogP contribution in [0.1, 0.15) is 50.8 Å². The van der Waals surface area contributed by atoms with Crippen molar-refractivity contribution in [2.24, 2.45) is 0 Å². The number of hydrogen-bond donors (Lipinski definition) is 1. The van der Waals surface area contributed by atoms with E-state index in [9.17, 15) is 9.59 Å². The SMILES string of the molecule is O=C(Nc1c(OC(Cn2ccnc2)c2ccccc2)ccc2c1CCCC2=O)c1cccnc1Cl. The summed E-state index contributed by atoms with van der Waals surface area (Å²) in [4.78, 5) is 33.9. The number of fused-ring (bicyclic) bond motifs is 1. The van der Waals surface area contributed by atoms with Crippen molar-refractivity contribution in [2.75, 3.05) is 5.32 Å². The number of carbonyl (C=O) groups is 2. The maximum absolute atomic E-state index is 13.2. The molecular formula is C27H23ClN4O3. The van der Waals surface area contributed by atoms with Crippen LogP contribution in [0, 0.1) is 0 Å². The highest BCUT2D eigenvalue weighted by Gasteiger charge is 2.26. The third kappa shape index (κ3) is 4.95. The average molecular weight is 487 g/mol. The summed E-state index contributed by atoms with van der Waals surface area (Å²) in [5, 5.41) is 3.08. The van der Waals surface area contributed by atoms with E-state index >= 15 is 0 Å². The van der Waals surface area contributed by atoms with Gasteiger partial charge in [0.25, 0.3) is 5.91 Å². The standard InChI is InChI=1S/C27H23ClN4O3/c28-26-21(9-5-13-30-26)27(34)31-25-20-8-4-10-22(33)19(20)11-12-23(25)35-24(16-32-15-14-29-17-32)18-6-2-1-3-7-18/h1-3,5-7,9,11-15,17,24H,4,8,10,16H2,(H,31,34). The quantitative estimate of drug-likeness (QED) is 0.347. The highest BCUT2D eigenvalue weighted by atomic mass is 35.5. The molecule has 2 aromatic heterocycles. The fourth-order valence-electron chi connectivity index (χ4n) is 4.30. The number of ether oxygens (including phenoxy) is 1. The van der Waals surface area contributed by atoms with E-state index in [0.717, 1.165) is 11.1 Å². The van der Waals surface area contributed by atoms with Gasteiger partial charge in [0.05, 0.1) is 24.1 Å². The molecule has 7 nitrogen and oxygen atoms in total. The van der Waals surface area contributed by atoms with Crippen LogP contribution >= 0.6 is 11.6 Å². The third-order valence-corrected chi connectivity index (χ3v) is 6.33. The van der Waals surface area contributed by atoms with Gasteiger partial charge in [0.1, 0.15) is 17.0 Å². The molecule has 0 spiro atoms. The monoisotopic (exact) mass is 486 g/mol. The van der Waals surface area contributed by atoms with Gasteiger partial charge in [0, 0.05) is 30.6 Å². The first-order valence-electron chi connectivity index (χ1n) is 11.4. The number of imidazole rings is 1. The minimum atomic E-state index is -0.412.